The molecule has 0 saturated heterocycles. The van der Waals surface area contributed by atoms with Gasteiger partial charge in [0.25, 0.3) is 0 Å². The molecule has 2 nitrogen and oxygen atoms in total. The summed E-state index contributed by atoms with van der Waals surface area (Å²) in [5, 5.41) is 1.41. The lowest BCUT2D eigenvalue weighted by Gasteiger charge is -2.19. The summed E-state index contributed by atoms with van der Waals surface area (Å²) >= 11 is 13.2. The molecule has 0 heterocycles. The van der Waals surface area contributed by atoms with Crippen LogP contribution in [0.1, 0.15) is 74.6 Å². The third-order valence-electron chi connectivity index (χ3n) is 6.62. The maximum atomic E-state index is 6.04. The van der Waals surface area contributed by atoms with Crippen molar-refractivity contribution in [1.29, 1.82) is 0 Å². The summed E-state index contributed by atoms with van der Waals surface area (Å²) < 4.78 is 12.1. The second kappa shape index (κ2) is 15.6. The number of benzene rings is 2. The largest absolute Gasteiger partial charge is 0.450 e. The lowest BCUT2D eigenvalue weighted by atomic mass is 10.0. The van der Waals surface area contributed by atoms with Gasteiger partial charge >= 0.3 is 0 Å². The van der Waals surface area contributed by atoms with E-state index in [4.69, 9.17) is 33.9 Å². The van der Waals surface area contributed by atoms with Crippen LogP contribution < -0.4 is 9.47 Å². The molecule has 0 N–H and O–H groups in total. The minimum absolute atomic E-state index is 0.658. The van der Waals surface area contributed by atoms with E-state index < -0.39 is 0 Å². The summed E-state index contributed by atoms with van der Waals surface area (Å²) in [5.41, 5.74) is 4.55. The molecule has 0 spiro atoms. The number of thiocarbonyl (C=S) groups is 2. The third kappa shape index (κ3) is 10.2. The summed E-state index contributed by atoms with van der Waals surface area (Å²) in [7, 11) is 0. The van der Waals surface area contributed by atoms with Crippen LogP contribution in [0.3, 0.4) is 0 Å². The van der Waals surface area contributed by atoms with Crippen LogP contribution in [-0.2, 0) is 0 Å². The molecule has 0 aromatic heterocycles. The molecule has 192 valence electrons. The molecular weight excluding hydrogens is 489 g/mol. The molecule has 5 heteroatoms. The fourth-order valence-corrected chi connectivity index (χ4v) is 6.12. The molecule has 0 aliphatic carbocycles. The van der Waals surface area contributed by atoms with Gasteiger partial charge in [-0.25, -0.2) is 0 Å². The number of hydrogen-bond donors (Lipinski definition) is 0. The summed E-state index contributed by atoms with van der Waals surface area (Å²) in [6.07, 6.45) is 6.18. The van der Waals surface area contributed by atoms with Gasteiger partial charge in [0, 0.05) is 12.8 Å². The van der Waals surface area contributed by atoms with E-state index in [1.54, 1.807) is 0 Å². The standard InChI is InChI=1S/C30H42O2S3/c1-7-25(15-17-27(33)31-29-21(3)11-9-12-22(29)4)19-35-20-26(8-2)16-18-28(34)32-30-23(5)13-10-14-24(30)6/h9-14,25-26H,7-8,15-20H2,1-6H3. The Hall–Kier alpha value is -1.43. The average molecular weight is 531 g/mol. The zero-order chi connectivity index (χ0) is 25.8. The predicted molar refractivity (Wildman–Crippen MR) is 162 cm³/mol. The lowest BCUT2D eigenvalue weighted by molar-refractivity contribution is 0.486. The first-order valence-corrected chi connectivity index (χ1v) is 14.8. The SMILES string of the molecule is CCC(CCC(=S)Oc1c(C)cccc1C)CSCC(CC)CCC(=S)Oc1c(C)cccc1C. The second-order valence-electron chi connectivity index (χ2n) is 9.55. The minimum atomic E-state index is 0.658. The molecule has 0 aliphatic heterocycles. The van der Waals surface area contributed by atoms with Crippen molar-refractivity contribution in [2.75, 3.05) is 11.5 Å². The van der Waals surface area contributed by atoms with E-state index in [0.29, 0.717) is 21.9 Å². The minimum Gasteiger partial charge on any atom is -0.450 e. The Bertz CT molecular complexity index is 852. The second-order valence-corrected chi connectivity index (χ2v) is 11.5. The number of aryl methyl sites for hydroxylation is 4. The number of thioether (sulfide) groups is 1. The maximum Gasteiger partial charge on any atom is 0.167 e. The topological polar surface area (TPSA) is 18.5 Å². The van der Waals surface area contributed by atoms with Crippen LogP contribution in [0.15, 0.2) is 36.4 Å². The molecule has 0 saturated carbocycles. The van der Waals surface area contributed by atoms with Crippen LogP contribution in [0, 0.1) is 39.5 Å². The number of para-hydroxylation sites is 2. The van der Waals surface area contributed by atoms with Crippen LogP contribution in [-0.4, -0.2) is 21.6 Å². The van der Waals surface area contributed by atoms with Gasteiger partial charge in [0.05, 0.1) is 0 Å². The Morgan fingerprint density at radius 1 is 0.686 bits per heavy atom. The summed E-state index contributed by atoms with van der Waals surface area (Å²) in [6.45, 7) is 12.8. The normalized spacial score (nSPS) is 12.7. The summed E-state index contributed by atoms with van der Waals surface area (Å²) in [6, 6.07) is 12.4. The van der Waals surface area contributed by atoms with E-state index in [1.165, 1.54) is 24.3 Å². The highest BCUT2D eigenvalue weighted by molar-refractivity contribution is 7.99. The van der Waals surface area contributed by atoms with Gasteiger partial charge in [-0.3, -0.25) is 0 Å². The molecule has 2 aromatic carbocycles. The smallest absolute Gasteiger partial charge is 0.167 e. The first-order valence-electron chi connectivity index (χ1n) is 12.9. The van der Waals surface area contributed by atoms with Crippen LogP contribution >= 0.6 is 36.2 Å². The molecule has 35 heavy (non-hydrogen) atoms. The van der Waals surface area contributed by atoms with Crippen LogP contribution in [0.4, 0.5) is 0 Å². The fraction of sp³-hybridized carbons (Fsp3) is 0.533. The molecule has 0 amide bonds. The molecule has 2 aromatic rings. The van der Waals surface area contributed by atoms with E-state index >= 15 is 0 Å². The van der Waals surface area contributed by atoms with Crippen molar-refractivity contribution in [3.05, 3.63) is 58.7 Å². The molecular formula is C30H42O2S3. The third-order valence-corrected chi connectivity index (χ3v) is 8.61. The van der Waals surface area contributed by atoms with Gasteiger partial charge in [-0.2, -0.15) is 11.8 Å². The number of rotatable bonds is 14. The van der Waals surface area contributed by atoms with Crippen molar-refractivity contribution < 1.29 is 9.47 Å². The summed E-state index contributed by atoms with van der Waals surface area (Å²) in [4.78, 5) is 0. The van der Waals surface area contributed by atoms with Crippen molar-refractivity contribution in [3.63, 3.8) is 0 Å². The first-order chi connectivity index (χ1) is 16.7. The van der Waals surface area contributed by atoms with Crippen molar-refractivity contribution in [2.45, 2.75) is 80.1 Å². The van der Waals surface area contributed by atoms with Crippen LogP contribution in [0.25, 0.3) is 0 Å². The van der Waals surface area contributed by atoms with Gasteiger partial charge in [0.2, 0.25) is 0 Å². The van der Waals surface area contributed by atoms with Crippen molar-refractivity contribution in [3.8, 4) is 11.5 Å². The first kappa shape index (κ1) is 29.8. The molecule has 2 atom stereocenters. The lowest BCUT2D eigenvalue weighted by Crippen LogP contribution is -2.13. The number of ether oxygens (including phenoxy) is 2. The molecule has 0 fully saturated rings. The predicted octanol–water partition coefficient (Wildman–Crippen LogP) is 9.38. The zero-order valence-corrected chi connectivity index (χ0v) is 24.8. The highest BCUT2D eigenvalue weighted by atomic mass is 32.2. The Morgan fingerprint density at radius 2 is 1.03 bits per heavy atom. The van der Waals surface area contributed by atoms with E-state index in [9.17, 15) is 0 Å². The van der Waals surface area contributed by atoms with E-state index in [2.05, 4.69) is 89.7 Å². The van der Waals surface area contributed by atoms with Crippen molar-refractivity contribution in [1.82, 2.24) is 0 Å². The molecule has 2 unspecified atom stereocenters. The molecule has 0 radical (unpaired) electrons. The van der Waals surface area contributed by atoms with Gasteiger partial charge in [-0.15, -0.1) is 0 Å². The Kier molecular flexibility index (Phi) is 13.3. The quantitative estimate of drug-likeness (QED) is 0.226. The monoisotopic (exact) mass is 530 g/mol. The van der Waals surface area contributed by atoms with Crippen molar-refractivity contribution in [2.24, 2.45) is 11.8 Å². The van der Waals surface area contributed by atoms with E-state index in [0.717, 1.165) is 59.4 Å². The molecule has 2 rings (SSSR count). The fourth-order valence-electron chi connectivity index (χ4n) is 4.11. The average Bonchev–Trinajstić information content (AvgIpc) is 2.83. The summed E-state index contributed by atoms with van der Waals surface area (Å²) in [5.74, 6) is 5.50. The van der Waals surface area contributed by atoms with E-state index in [1.807, 2.05) is 0 Å². The molecule has 0 aliphatic rings. The Balaban J connectivity index is 1.71. The van der Waals surface area contributed by atoms with Crippen LogP contribution in [0.5, 0.6) is 11.5 Å². The zero-order valence-electron chi connectivity index (χ0n) is 22.3. The highest BCUT2D eigenvalue weighted by Gasteiger charge is 2.15. The van der Waals surface area contributed by atoms with E-state index in [-0.39, 0.29) is 0 Å². The Labute approximate surface area is 228 Å². The van der Waals surface area contributed by atoms with Gasteiger partial charge in [-0.05, 0) is 111 Å². The maximum absolute atomic E-state index is 6.04. The molecule has 0 bridgehead atoms. The van der Waals surface area contributed by atoms with Gasteiger partial charge < -0.3 is 9.47 Å². The van der Waals surface area contributed by atoms with Crippen LogP contribution in [0.2, 0.25) is 0 Å². The number of hydrogen-bond acceptors (Lipinski definition) is 5. The van der Waals surface area contributed by atoms with Crippen molar-refractivity contribution >= 4 is 46.3 Å². The highest BCUT2D eigenvalue weighted by Crippen LogP contribution is 2.27. The van der Waals surface area contributed by atoms with Gasteiger partial charge in [0.15, 0.2) is 10.1 Å². The van der Waals surface area contributed by atoms with Gasteiger partial charge in [-0.1, -0.05) is 63.1 Å². The van der Waals surface area contributed by atoms with Gasteiger partial charge in [0.1, 0.15) is 11.5 Å². The Morgan fingerprint density at radius 3 is 1.34 bits per heavy atom.